The van der Waals surface area contributed by atoms with Crippen molar-refractivity contribution in [1.29, 1.82) is 0 Å². The van der Waals surface area contributed by atoms with Crippen molar-refractivity contribution in [2.45, 2.75) is 26.9 Å². The summed E-state index contributed by atoms with van der Waals surface area (Å²) in [5, 5.41) is 2.91. The number of aromatic nitrogens is 4. The van der Waals surface area contributed by atoms with Gasteiger partial charge in [0.2, 0.25) is 5.95 Å². The van der Waals surface area contributed by atoms with E-state index in [-0.39, 0.29) is 11.2 Å². The van der Waals surface area contributed by atoms with Gasteiger partial charge in [-0.05, 0) is 13.8 Å². The van der Waals surface area contributed by atoms with Crippen LogP contribution in [0.5, 0.6) is 0 Å². The Hall–Kier alpha value is -2.05. The number of nitrogens with one attached hydrogen (secondary N) is 1. The van der Waals surface area contributed by atoms with Gasteiger partial charge in [0.05, 0.1) is 0 Å². The highest BCUT2D eigenvalue weighted by molar-refractivity contribution is 5.74. The van der Waals surface area contributed by atoms with E-state index in [9.17, 15) is 9.59 Å². The first-order chi connectivity index (χ1) is 8.56. The molecule has 18 heavy (non-hydrogen) atoms. The lowest BCUT2D eigenvalue weighted by molar-refractivity contribution is 0.604. The van der Waals surface area contributed by atoms with Crippen LogP contribution in [0.2, 0.25) is 0 Å². The Balaban J connectivity index is 3.07. The molecule has 0 saturated carbocycles. The summed E-state index contributed by atoms with van der Waals surface area (Å²) in [6, 6.07) is 0. The third kappa shape index (κ3) is 1.47. The quantitative estimate of drug-likeness (QED) is 0.832. The van der Waals surface area contributed by atoms with Gasteiger partial charge in [0, 0.05) is 27.2 Å². The molecule has 0 radical (unpaired) electrons. The molecule has 0 fully saturated rings. The molecule has 7 heteroatoms. The molecule has 0 unspecified atom stereocenters. The molecule has 0 saturated heterocycles. The summed E-state index contributed by atoms with van der Waals surface area (Å²) < 4.78 is 4.42. The van der Waals surface area contributed by atoms with Crippen LogP contribution in [0.1, 0.15) is 13.8 Å². The van der Waals surface area contributed by atoms with Crippen LogP contribution in [0.3, 0.4) is 0 Å². The second-order valence-corrected chi connectivity index (χ2v) is 3.99. The Morgan fingerprint density at radius 3 is 2.28 bits per heavy atom. The zero-order chi connectivity index (χ0) is 13.4. The number of hydrogen-bond donors (Lipinski definition) is 1. The average Bonchev–Trinajstić information content (AvgIpc) is 2.68. The van der Waals surface area contributed by atoms with Crippen molar-refractivity contribution in [2.24, 2.45) is 7.05 Å². The molecule has 0 aliphatic heterocycles. The van der Waals surface area contributed by atoms with E-state index >= 15 is 0 Å². The molecule has 0 bridgehead atoms. The van der Waals surface area contributed by atoms with Gasteiger partial charge in [-0.1, -0.05) is 0 Å². The van der Waals surface area contributed by atoms with E-state index in [1.165, 1.54) is 9.13 Å². The molecule has 1 N–H and O–H groups in total. The zero-order valence-corrected chi connectivity index (χ0v) is 11.0. The van der Waals surface area contributed by atoms with Crippen LogP contribution in [-0.2, 0) is 20.1 Å². The Labute approximate surface area is 104 Å². The Morgan fingerprint density at radius 1 is 1.17 bits per heavy atom. The minimum absolute atomic E-state index is 0.293. The van der Waals surface area contributed by atoms with Gasteiger partial charge in [-0.2, -0.15) is 4.98 Å². The van der Waals surface area contributed by atoms with Crippen LogP contribution in [-0.4, -0.2) is 25.7 Å². The molecular weight excluding hydrogens is 234 g/mol. The highest BCUT2D eigenvalue weighted by Gasteiger charge is 2.17. The highest BCUT2D eigenvalue weighted by atomic mass is 16.2. The Bertz CT molecular complexity index is 707. The number of nitrogens with zero attached hydrogens (tertiary/aromatic N) is 4. The summed E-state index contributed by atoms with van der Waals surface area (Å²) in [5.41, 5.74) is 0.281. The molecule has 0 aliphatic rings. The molecule has 0 aromatic carbocycles. The van der Waals surface area contributed by atoms with Crippen molar-refractivity contribution in [3.05, 3.63) is 20.8 Å². The number of rotatable bonds is 3. The van der Waals surface area contributed by atoms with E-state index in [0.717, 1.165) is 0 Å². The van der Waals surface area contributed by atoms with E-state index in [4.69, 9.17) is 0 Å². The van der Waals surface area contributed by atoms with Crippen LogP contribution in [0, 0.1) is 0 Å². The van der Waals surface area contributed by atoms with Crippen LogP contribution in [0.4, 0.5) is 5.95 Å². The second kappa shape index (κ2) is 4.32. The number of imidazole rings is 1. The van der Waals surface area contributed by atoms with Gasteiger partial charge < -0.3 is 9.88 Å². The van der Waals surface area contributed by atoms with E-state index in [1.54, 1.807) is 25.6 Å². The summed E-state index contributed by atoms with van der Waals surface area (Å²) in [6.07, 6.45) is 0. The lowest BCUT2D eigenvalue weighted by atomic mass is 10.4. The maximum atomic E-state index is 12.3. The fourth-order valence-corrected chi connectivity index (χ4v) is 2.15. The maximum Gasteiger partial charge on any atom is 0.332 e. The molecule has 2 aromatic rings. The Morgan fingerprint density at radius 2 is 1.78 bits per heavy atom. The molecule has 2 aromatic heterocycles. The molecule has 0 amide bonds. The van der Waals surface area contributed by atoms with Crippen molar-refractivity contribution in [3.63, 3.8) is 0 Å². The van der Waals surface area contributed by atoms with Gasteiger partial charge in [-0.3, -0.25) is 13.9 Å². The topological polar surface area (TPSA) is 73.8 Å². The van der Waals surface area contributed by atoms with Gasteiger partial charge in [-0.15, -0.1) is 0 Å². The number of aryl methyl sites for hydroxylation is 2. The molecule has 2 heterocycles. The van der Waals surface area contributed by atoms with Gasteiger partial charge in [0.25, 0.3) is 5.56 Å². The van der Waals surface area contributed by atoms with Crippen molar-refractivity contribution in [2.75, 3.05) is 12.4 Å². The Kier molecular flexibility index (Phi) is 2.98. The fourth-order valence-electron chi connectivity index (χ4n) is 2.15. The molecule has 98 valence electrons. The van der Waals surface area contributed by atoms with Crippen LogP contribution < -0.4 is 16.6 Å². The lowest BCUT2D eigenvalue weighted by Gasteiger charge is -2.07. The van der Waals surface area contributed by atoms with Gasteiger partial charge in [0.1, 0.15) is 0 Å². The van der Waals surface area contributed by atoms with Gasteiger partial charge >= 0.3 is 5.69 Å². The smallest absolute Gasteiger partial charge is 0.332 e. The minimum atomic E-state index is -0.307. The monoisotopic (exact) mass is 251 g/mol. The molecule has 0 atom stereocenters. The molecule has 0 aliphatic carbocycles. The third-order valence-electron chi connectivity index (χ3n) is 3.10. The van der Waals surface area contributed by atoms with Crippen molar-refractivity contribution in [1.82, 2.24) is 18.7 Å². The first-order valence-corrected chi connectivity index (χ1v) is 5.94. The van der Waals surface area contributed by atoms with Crippen LogP contribution >= 0.6 is 0 Å². The minimum Gasteiger partial charge on any atom is -0.359 e. The molecule has 2 rings (SSSR count). The summed E-state index contributed by atoms with van der Waals surface area (Å²) in [7, 11) is 3.49. The van der Waals surface area contributed by atoms with E-state index in [2.05, 4.69) is 10.3 Å². The number of hydrogen-bond acceptors (Lipinski definition) is 4. The maximum absolute atomic E-state index is 12.3. The normalized spacial score (nSPS) is 11.1. The summed E-state index contributed by atoms with van der Waals surface area (Å²) in [5.74, 6) is 0.567. The van der Waals surface area contributed by atoms with E-state index < -0.39 is 0 Å². The van der Waals surface area contributed by atoms with Crippen LogP contribution in [0.25, 0.3) is 11.2 Å². The first-order valence-electron chi connectivity index (χ1n) is 5.94. The SMILES string of the molecule is CCn1c(=O)c2c(nc(NC)n2C)n(CC)c1=O. The van der Waals surface area contributed by atoms with E-state index in [0.29, 0.717) is 30.2 Å². The first kappa shape index (κ1) is 12.4. The average molecular weight is 251 g/mol. The number of fused-ring (bicyclic) bond motifs is 1. The highest BCUT2D eigenvalue weighted by Crippen LogP contribution is 2.12. The largest absolute Gasteiger partial charge is 0.359 e. The standard InChI is InChI=1S/C11H17N5O2/c1-5-15-8-7(14(4)10(12-3)13-8)9(17)16(6-2)11(15)18/h5-6H2,1-4H3,(H,12,13). The lowest BCUT2D eigenvalue weighted by Crippen LogP contribution is -2.39. The zero-order valence-electron chi connectivity index (χ0n) is 11.0. The van der Waals surface area contributed by atoms with Gasteiger partial charge in [0.15, 0.2) is 11.2 Å². The fraction of sp³-hybridized carbons (Fsp3) is 0.545. The summed E-state index contributed by atoms with van der Waals surface area (Å²) in [4.78, 5) is 28.7. The third-order valence-corrected chi connectivity index (χ3v) is 3.10. The second-order valence-electron chi connectivity index (χ2n) is 3.99. The van der Waals surface area contributed by atoms with Crippen LogP contribution in [0.15, 0.2) is 9.59 Å². The predicted molar refractivity (Wildman–Crippen MR) is 70.1 cm³/mol. The predicted octanol–water partition coefficient (Wildman–Crippen LogP) is -0.0218. The van der Waals surface area contributed by atoms with Gasteiger partial charge in [-0.25, -0.2) is 4.79 Å². The van der Waals surface area contributed by atoms with Crippen molar-refractivity contribution in [3.8, 4) is 0 Å². The molecule has 0 spiro atoms. The van der Waals surface area contributed by atoms with Crippen molar-refractivity contribution < 1.29 is 0 Å². The molecule has 7 nitrogen and oxygen atoms in total. The number of anilines is 1. The van der Waals surface area contributed by atoms with Crippen molar-refractivity contribution >= 4 is 17.1 Å². The molecular formula is C11H17N5O2. The summed E-state index contributed by atoms with van der Waals surface area (Å²) >= 11 is 0. The van der Waals surface area contributed by atoms with E-state index in [1.807, 2.05) is 6.92 Å². The summed E-state index contributed by atoms with van der Waals surface area (Å²) in [6.45, 7) is 4.48.